The normalized spacial score (nSPS) is 20.0. The van der Waals surface area contributed by atoms with Crippen LogP contribution in [0.25, 0.3) is 0 Å². The molecule has 0 spiro atoms. The minimum absolute atomic E-state index is 0.652. The molecule has 1 unspecified atom stereocenters. The second-order valence-corrected chi connectivity index (χ2v) is 6.81. The van der Waals surface area contributed by atoms with E-state index in [2.05, 4.69) is 46.3 Å². The molecular weight excluding hydrogens is 282 g/mol. The molecule has 2 heterocycles. The monoisotopic (exact) mass is 309 g/mol. The van der Waals surface area contributed by atoms with Gasteiger partial charge in [0.15, 0.2) is 5.96 Å². The van der Waals surface area contributed by atoms with E-state index in [1.807, 2.05) is 6.20 Å². The van der Waals surface area contributed by atoms with Crippen LogP contribution in [0.15, 0.2) is 11.2 Å². The first-order valence-corrected chi connectivity index (χ1v) is 8.68. The Morgan fingerprint density at radius 1 is 1.48 bits per heavy atom. The van der Waals surface area contributed by atoms with Crippen molar-refractivity contribution in [1.29, 1.82) is 0 Å². The van der Waals surface area contributed by atoms with Crippen LogP contribution >= 0.6 is 11.3 Å². The molecule has 5 nitrogen and oxygen atoms in total. The number of nitrogens with zero attached hydrogens (tertiary/aromatic N) is 3. The Bertz CT molecular complexity index is 457. The predicted molar refractivity (Wildman–Crippen MR) is 89.9 cm³/mol. The molecule has 21 heavy (non-hydrogen) atoms. The van der Waals surface area contributed by atoms with E-state index < -0.39 is 0 Å². The Morgan fingerprint density at radius 2 is 2.33 bits per heavy atom. The van der Waals surface area contributed by atoms with E-state index in [1.54, 1.807) is 11.3 Å². The molecule has 1 atom stereocenters. The van der Waals surface area contributed by atoms with Crippen molar-refractivity contribution in [2.75, 3.05) is 32.7 Å². The van der Waals surface area contributed by atoms with Crippen LogP contribution in [0.1, 0.15) is 30.2 Å². The van der Waals surface area contributed by atoms with Gasteiger partial charge in [-0.1, -0.05) is 6.92 Å². The van der Waals surface area contributed by atoms with Crippen LogP contribution < -0.4 is 10.6 Å². The van der Waals surface area contributed by atoms with Gasteiger partial charge in [0.25, 0.3) is 0 Å². The second kappa shape index (κ2) is 8.34. The fourth-order valence-electron chi connectivity index (χ4n) is 2.57. The number of hydrogen-bond acceptors (Lipinski definition) is 4. The topological polar surface area (TPSA) is 52.6 Å². The standard InChI is InChI=1S/C15H27N5S/c1-4-16-15(19-10-14-17-8-12(3)21-14)18-9-13-6-7-20(5-2)11-13/h8,13H,4-7,9-11H2,1-3H3,(H2,16,18,19). The Morgan fingerprint density at radius 3 is 2.95 bits per heavy atom. The fourth-order valence-corrected chi connectivity index (χ4v) is 3.28. The predicted octanol–water partition coefficient (Wildman–Crippen LogP) is 1.85. The van der Waals surface area contributed by atoms with E-state index >= 15 is 0 Å². The Labute approximate surface area is 131 Å². The highest BCUT2D eigenvalue weighted by Gasteiger charge is 2.20. The lowest BCUT2D eigenvalue weighted by molar-refractivity contribution is 0.342. The zero-order valence-corrected chi connectivity index (χ0v) is 14.2. The largest absolute Gasteiger partial charge is 0.357 e. The summed E-state index contributed by atoms with van der Waals surface area (Å²) in [5.74, 6) is 1.64. The number of aromatic nitrogens is 1. The highest BCUT2D eigenvalue weighted by atomic mass is 32.1. The maximum atomic E-state index is 4.63. The first-order chi connectivity index (χ1) is 10.2. The first kappa shape index (κ1) is 16.2. The van der Waals surface area contributed by atoms with Crippen LogP contribution in [0.2, 0.25) is 0 Å². The van der Waals surface area contributed by atoms with E-state index in [9.17, 15) is 0 Å². The zero-order chi connectivity index (χ0) is 15.1. The number of hydrogen-bond donors (Lipinski definition) is 2. The van der Waals surface area contributed by atoms with Crippen molar-refractivity contribution in [3.05, 3.63) is 16.1 Å². The number of rotatable bonds is 6. The molecule has 0 aromatic carbocycles. The molecule has 0 amide bonds. The third-order valence-electron chi connectivity index (χ3n) is 3.76. The molecule has 1 aliphatic heterocycles. The number of nitrogens with one attached hydrogen (secondary N) is 2. The molecule has 0 aliphatic carbocycles. The zero-order valence-electron chi connectivity index (χ0n) is 13.4. The fraction of sp³-hybridized carbons (Fsp3) is 0.733. The number of aliphatic imine (C=N–C) groups is 1. The molecule has 2 rings (SSSR count). The lowest BCUT2D eigenvalue weighted by Gasteiger charge is -2.16. The van der Waals surface area contributed by atoms with Crippen molar-refractivity contribution < 1.29 is 0 Å². The summed E-state index contributed by atoms with van der Waals surface area (Å²) in [6.45, 7) is 12.5. The lowest BCUT2D eigenvalue weighted by atomic mass is 10.1. The molecule has 0 radical (unpaired) electrons. The SMILES string of the molecule is CCNC(=NCc1ncc(C)s1)NCC1CCN(CC)C1. The first-order valence-electron chi connectivity index (χ1n) is 7.87. The summed E-state index contributed by atoms with van der Waals surface area (Å²) in [6.07, 6.45) is 3.19. The third-order valence-corrected chi connectivity index (χ3v) is 4.66. The van der Waals surface area contributed by atoms with Gasteiger partial charge >= 0.3 is 0 Å². The minimum Gasteiger partial charge on any atom is -0.357 e. The maximum Gasteiger partial charge on any atom is 0.191 e. The summed E-state index contributed by atoms with van der Waals surface area (Å²) < 4.78 is 0. The molecule has 1 fully saturated rings. The molecule has 1 aliphatic rings. The van der Waals surface area contributed by atoms with Crippen LogP contribution in [-0.4, -0.2) is 48.6 Å². The van der Waals surface area contributed by atoms with Crippen molar-refractivity contribution in [2.24, 2.45) is 10.9 Å². The Hall–Kier alpha value is -1.14. The van der Waals surface area contributed by atoms with Gasteiger partial charge in [0, 0.05) is 30.7 Å². The molecule has 1 saturated heterocycles. The quantitative estimate of drug-likeness (QED) is 0.622. The van der Waals surface area contributed by atoms with Crippen molar-refractivity contribution >= 4 is 17.3 Å². The molecule has 118 valence electrons. The smallest absolute Gasteiger partial charge is 0.191 e. The van der Waals surface area contributed by atoms with Crippen molar-refractivity contribution in [2.45, 2.75) is 33.7 Å². The van der Waals surface area contributed by atoms with Gasteiger partial charge in [-0.05, 0) is 39.3 Å². The van der Waals surface area contributed by atoms with E-state index in [1.165, 1.54) is 24.4 Å². The average Bonchev–Trinajstić information content (AvgIpc) is 3.10. The van der Waals surface area contributed by atoms with Gasteiger partial charge in [-0.25, -0.2) is 9.98 Å². The average molecular weight is 309 g/mol. The summed E-state index contributed by atoms with van der Waals surface area (Å²) in [5.41, 5.74) is 0. The molecular formula is C15H27N5S. The number of thiazole rings is 1. The number of likely N-dealkylation sites (tertiary alicyclic amines) is 1. The Kier molecular flexibility index (Phi) is 6.45. The van der Waals surface area contributed by atoms with Crippen LogP contribution in [0, 0.1) is 12.8 Å². The molecule has 0 saturated carbocycles. The van der Waals surface area contributed by atoms with E-state index in [4.69, 9.17) is 0 Å². The van der Waals surface area contributed by atoms with Gasteiger partial charge in [0.05, 0.1) is 6.54 Å². The number of aryl methyl sites for hydroxylation is 1. The maximum absolute atomic E-state index is 4.63. The second-order valence-electron chi connectivity index (χ2n) is 5.49. The van der Waals surface area contributed by atoms with E-state index in [-0.39, 0.29) is 0 Å². The molecule has 2 N–H and O–H groups in total. The van der Waals surface area contributed by atoms with Gasteiger partial charge in [0.2, 0.25) is 0 Å². The van der Waals surface area contributed by atoms with Crippen LogP contribution in [0.5, 0.6) is 0 Å². The molecule has 1 aromatic rings. The number of guanidine groups is 1. The Balaban J connectivity index is 1.81. The van der Waals surface area contributed by atoms with Crippen molar-refractivity contribution in [3.8, 4) is 0 Å². The van der Waals surface area contributed by atoms with Crippen LogP contribution in [-0.2, 0) is 6.54 Å². The van der Waals surface area contributed by atoms with Crippen molar-refractivity contribution in [1.82, 2.24) is 20.5 Å². The summed E-state index contributed by atoms with van der Waals surface area (Å²) in [5, 5.41) is 7.86. The lowest BCUT2D eigenvalue weighted by Crippen LogP contribution is -2.40. The third kappa shape index (κ3) is 5.28. The molecule has 1 aromatic heterocycles. The van der Waals surface area contributed by atoms with Crippen molar-refractivity contribution in [3.63, 3.8) is 0 Å². The van der Waals surface area contributed by atoms with Gasteiger partial charge < -0.3 is 15.5 Å². The van der Waals surface area contributed by atoms with Gasteiger partial charge in [-0.3, -0.25) is 0 Å². The van der Waals surface area contributed by atoms with Gasteiger partial charge in [0.1, 0.15) is 5.01 Å². The van der Waals surface area contributed by atoms with Gasteiger partial charge in [-0.2, -0.15) is 0 Å². The summed E-state index contributed by atoms with van der Waals surface area (Å²) in [7, 11) is 0. The van der Waals surface area contributed by atoms with E-state index in [0.717, 1.165) is 36.5 Å². The van der Waals surface area contributed by atoms with Gasteiger partial charge in [-0.15, -0.1) is 11.3 Å². The van der Waals surface area contributed by atoms with E-state index in [0.29, 0.717) is 6.54 Å². The summed E-state index contributed by atoms with van der Waals surface area (Å²) in [6, 6.07) is 0. The van der Waals surface area contributed by atoms with Crippen LogP contribution in [0.3, 0.4) is 0 Å². The minimum atomic E-state index is 0.652. The highest BCUT2D eigenvalue weighted by Crippen LogP contribution is 2.14. The summed E-state index contributed by atoms with van der Waals surface area (Å²) in [4.78, 5) is 12.7. The summed E-state index contributed by atoms with van der Waals surface area (Å²) >= 11 is 1.71. The molecule has 0 bridgehead atoms. The highest BCUT2D eigenvalue weighted by molar-refractivity contribution is 7.11. The molecule has 6 heteroatoms. The van der Waals surface area contributed by atoms with Crippen LogP contribution in [0.4, 0.5) is 0 Å².